The number of hydrogen-bond acceptors (Lipinski definition) is 2. The largest absolute Gasteiger partial charge is 0.304 e. The molecule has 1 aliphatic rings. The van der Waals surface area contributed by atoms with Crippen molar-refractivity contribution < 1.29 is 8.60 Å². The Bertz CT molecular complexity index is 919. The van der Waals surface area contributed by atoms with Crippen LogP contribution < -0.4 is 0 Å². The molecule has 2 aromatic heterocycles. The zero-order chi connectivity index (χ0) is 16.0. The molecule has 0 spiro atoms. The molecule has 5 heteroatoms. The molecule has 4 rings (SSSR count). The van der Waals surface area contributed by atoms with Gasteiger partial charge >= 0.3 is 0 Å². The maximum atomic E-state index is 13.8. The van der Waals surface area contributed by atoms with Crippen LogP contribution in [0.5, 0.6) is 0 Å². The molecule has 0 fully saturated rings. The van der Waals surface area contributed by atoms with Crippen molar-refractivity contribution in [1.82, 2.24) is 9.38 Å². The second-order valence-corrected chi connectivity index (χ2v) is 7.61. The number of aryl methyl sites for hydroxylation is 1. The minimum Gasteiger partial charge on any atom is -0.304 e. The van der Waals surface area contributed by atoms with Gasteiger partial charge in [0.15, 0.2) is 0 Å². The molecule has 0 unspecified atom stereocenters. The molecule has 1 aromatic carbocycles. The lowest BCUT2D eigenvalue weighted by atomic mass is 10.1. The van der Waals surface area contributed by atoms with Crippen molar-refractivity contribution in [3.63, 3.8) is 0 Å². The van der Waals surface area contributed by atoms with E-state index in [4.69, 9.17) is 0 Å². The van der Waals surface area contributed by atoms with Gasteiger partial charge in [0.25, 0.3) is 0 Å². The number of halogens is 1. The van der Waals surface area contributed by atoms with E-state index in [1.54, 1.807) is 6.07 Å². The van der Waals surface area contributed by atoms with Crippen LogP contribution in [-0.2, 0) is 23.0 Å². The van der Waals surface area contributed by atoms with Crippen LogP contribution in [0.1, 0.15) is 34.2 Å². The van der Waals surface area contributed by atoms with E-state index in [2.05, 4.69) is 4.98 Å². The van der Waals surface area contributed by atoms with Crippen LogP contribution in [0.2, 0.25) is 0 Å². The second-order valence-electron chi connectivity index (χ2n) is 5.99. The summed E-state index contributed by atoms with van der Waals surface area (Å²) in [4.78, 5) is 4.55. The SMILES string of the molecule is Cc1cccc2nc(C[S@@](=O)[C@H]3CCc4c(F)cccc43)cn12. The molecule has 0 saturated carbocycles. The van der Waals surface area contributed by atoms with Crippen LogP contribution >= 0.6 is 0 Å². The summed E-state index contributed by atoms with van der Waals surface area (Å²) in [5.74, 6) is 0.229. The number of rotatable bonds is 3. The summed E-state index contributed by atoms with van der Waals surface area (Å²) in [6.07, 6.45) is 3.36. The lowest BCUT2D eigenvalue weighted by molar-refractivity contribution is 0.612. The van der Waals surface area contributed by atoms with Crippen molar-refractivity contribution >= 4 is 16.4 Å². The Labute approximate surface area is 136 Å². The van der Waals surface area contributed by atoms with Crippen LogP contribution in [0.4, 0.5) is 4.39 Å². The molecule has 3 aromatic rings. The molecule has 1 aliphatic carbocycles. The van der Waals surface area contributed by atoms with Gasteiger partial charge in [-0.1, -0.05) is 18.2 Å². The molecule has 0 bridgehead atoms. The van der Waals surface area contributed by atoms with Crippen LogP contribution in [0, 0.1) is 12.7 Å². The van der Waals surface area contributed by atoms with Gasteiger partial charge in [0, 0.05) is 22.7 Å². The number of benzene rings is 1. The molecule has 0 N–H and O–H groups in total. The molecule has 0 saturated heterocycles. The van der Waals surface area contributed by atoms with Crippen molar-refractivity contribution in [3.05, 3.63) is 70.9 Å². The Morgan fingerprint density at radius 1 is 1.30 bits per heavy atom. The third kappa shape index (κ3) is 2.49. The van der Waals surface area contributed by atoms with Crippen LogP contribution in [-0.4, -0.2) is 13.6 Å². The van der Waals surface area contributed by atoms with Crippen LogP contribution in [0.15, 0.2) is 42.6 Å². The number of pyridine rings is 1. The molecule has 3 nitrogen and oxygen atoms in total. The molecule has 0 aliphatic heterocycles. The predicted molar refractivity (Wildman–Crippen MR) is 89.2 cm³/mol. The van der Waals surface area contributed by atoms with Gasteiger partial charge in [0.1, 0.15) is 11.5 Å². The predicted octanol–water partition coefficient (Wildman–Crippen LogP) is 3.72. The normalized spacial score (nSPS) is 18.3. The monoisotopic (exact) mass is 328 g/mol. The average Bonchev–Trinajstić information content (AvgIpc) is 3.12. The Morgan fingerprint density at radius 3 is 2.96 bits per heavy atom. The average molecular weight is 328 g/mol. The third-order valence-electron chi connectivity index (χ3n) is 4.51. The smallest absolute Gasteiger partial charge is 0.137 e. The number of hydrogen-bond donors (Lipinski definition) is 0. The maximum Gasteiger partial charge on any atom is 0.137 e. The van der Waals surface area contributed by atoms with Gasteiger partial charge < -0.3 is 4.40 Å². The summed E-state index contributed by atoms with van der Waals surface area (Å²) in [6.45, 7) is 2.02. The van der Waals surface area contributed by atoms with Gasteiger partial charge in [-0.2, -0.15) is 0 Å². The first-order valence-corrected chi connectivity index (χ1v) is 9.10. The first kappa shape index (κ1) is 14.6. The fourth-order valence-corrected chi connectivity index (χ4v) is 4.88. The number of aromatic nitrogens is 2. The van der Waals surface area contributed by atoms with Crippen molar-refractivity contribution in [2.45, 2.75) is 30.8 Å². The highest BCUT2D eigenvalue weighted by Gasteiger charge is 2.29. The zero-order valence-corrected chi connectivity index (χ0v) is 13.6. The summed E-state index contributed by atoms with van der Waals surface area (Å²) < 4.78 is 28.6. The fourth-order valence-electron chi connectivity index (χ4n) is 3.36. The summed E-state index contributed by atoms with van der Waals surface area (Å²) in [5, 5.41) is -0.0911. The Hall–Kier alpha value is -2.01. The minimum atomic E-state index is -1.09. The van der Waals surface area contributed by atoms with E-state index in [0.717, 1.165) is 34.6 Å². The third-order valence-corrected chi connectivity index (χ3v) is 6.22. The number of nitrogens with zero attached hydrogens (tertiary/aromatic N) is 2. The van der Waals surface area contributed by atoms with Gasteiger partial charge in [-0.25, -0.2) is 9.37 Å². The molecule has 0 radical (unpaired) electrons. The van der Waals surface area contributed by atoms with Gasteiger partial charge in [-0.3, -0.25) is 4.21 Å². The van der Waals surface area contributed by atoms with Crippen molar-refractivity contribution in [2.75, 3.05) is 0 Å². The van der Waals surface area contributed by atoms with Crippen LogP contribution in [0.25, 0.3) is 5.65 Å². The minimum absolute atomic E-state index is 0.0911. The second kappa shape index (κ2) is 5.57. The Balaban J connectivity index is 1.61. The highest BCUT2D eigenvalue weighted by Crippen LogP contribution is 2.37. The highest BCUT2D eigenvalue weighted by molar-refractivity contribution is 7.84. The fraction of sp³-hybridized carbons (Fsp3) is 0.278. The van der Waals surface area contributed by atoms with Crippen molar-refractivity contribution in [1.29, 1.82) is 0 Å². The lowest BCUT2D eigenvalue weighted by Gasteiger charge is -2.10. The molecule has 2 atom stereocenters. The first-order valence-electron chi connectivity index (χ1n) is 7.71. The van der Waals surface area contributed by atoms with E-state index in [1.807, 2.05) is 41.8 Å². The van der Waals surface area contributed by atoms with E-state index in [1.165, 1.54) is 6.07 Å². The molecule has 23 heavy (non-hydrogen) atoms. The van der Waals surface area contributed by atoms with Gasteiger partial charge in [-0.05, 0) is 49.1 Å². The lowest BCUT2D eigenvalue weighted by Crippen LogP contribution is -2.06. The topological polar surface area (TPSA) is 34.4 Å². The summed E-state index contributed by atoms with van der Waals surface area (Å²) >= 11 is 0. The molecule has 2 heterocycles. The van der Waals surface area contributed by atoms with E-state index >= 15 is 0 Å². The Kier molecular flexibility index (Phi) is 3.53. The quantitative estimate of drug-likeness (QED) is 0.734. The zero-order valence-electron chi connectivity index (χ0n) is 12.8. The summed E-state index contributed by atoms with van der Waals surface area (Å²) in [6, 6.07) is 11.0. The molecule has 118 valence electrons. The molecular weight excluding hydrogens is 311 g/mol. The first-order chi connectivity index (χ1) is 11.1. The van der Waals surface area contributed by atoms with E-state index in [-0.39, 0.29) is 11.1 Å². The maximum absolute atomic E-state index is 13.8. The molecular formula is C18H17FN2OS. The number of imidazole rings is 1. The Morgan fingerprint density at radius 2 is 2.13 bits per heavy atom. The van der Waals surface area contributed by atoms with E-state index in [0.29, 0.717) is 12.2 Å². The standard InChI is InChI=1S/C18H17FN2OS/c1-12-4-2-7-18-20-13(10-21(12)18)11-23(22)17-9-8-14-15(17)5-3-6-16(14)19/h2-7,10,17H,8-9,11H2,1H3/t17-,23+/m0/s1. The van der Waals surface area contributed by atoms with Gasteiger partial charge in [0.05, 0.1) is 16.7 Å². The van der Waals surface area contributed by atoms with E-state index < -0.39 is 10.8 Å². The number of fused-ring (bicyclic) bond motifs is 2. The summed E-state index contributed by atoms with van der Waals surface area (Å²) in [7, 11) is -1.09. The highest BCUT2D eigenvalue weighted by atomic mass is 32.2. The van der Waals surface area contributed by atoms with Crippen LogP contribution in [0.3, 0.4) is 0 Å². The molecule has 0 amide bonds. The van der Waals surface area contributed by atoms with Crippen molar-refractivity contribution in [2.24, 2.45) is 0 Å². The van der Waals surface area contributed by atoms with Gasteiger partial charge in [0.2, 0.25) is 0 Å². The van der Waals surface area contributed by atoms with Gasteiger partial charge in [-0.15, -0.1) is 0 Å². The summed E-state index contributed by atoms with van der Waals surface area (Å²) in [5.41, 5.74) is 4.43. The van der Waals surface area contributed by atoms with E-state index in [9.17, 15) is 8.60 Å². The van der Waals surface area contributed by atoms with Crippen molar-refractivity contribution in [3.8, 4) is 0 Å².